The molecule has 10 nitrogen and oxygen atoms in total. The highest BCUT2D eigenvalue weighted by Gasteiger charge is 2.27. The topological polar surface area (TPSA) is 128 Å². The van der Waals surface area contributed by atoms with Crippen LogP contribution in [0.5, 0.6) is 0 Å². The van der Waals surface area contributed by atoms with Gasteiger partial charge in [-0.1, -0.05) is 89.8 Å². The van der Waals surface area contributed by atoms with Crippen LogP contribution in [0.25, 0.3) is 20.2 Å². The lowest BCUT2D eigenvalue weighted by molar-refractivity contribution is -0.143. The Hall–Kier alpha value is -5.72. The number of fused-ring (bicyclic) bond motifs is 2. The number of hydrogen-bond donors (Lipinski definition) is 3. The summed E-state index contributed by atoms with van der Waals surface area (Å²) >= 11 is 3.73. The molecule has 2 amide bonds. The molecule has 2 heterocycles. The van der Waals surface area contributed by atoms with Gasteiger partial charge in [-0.05, 0) is 115 Å². The molecule has 0 spiro atoms. The Bertz CT molecular complexity index is 2520. The molecule has 0 aliphatic rings. The van der Waals surface area contributed by atoms with Crippen LogP contribution in [0.1, 0.15) is 127 Å². The Morgan fingerprint density at radius 3 is 1.30 bits per heavy atom. The van der Waals surface area contributed by atoms with Crippen molar-refractivity contribution in [3.8, 4) is 0 Å². The minimum absolute atomic E-state index is 0.0620. The number of anilines is 2. The molecule has 2 aromatic heterocycles. The van der Waals surface area contributed by atoms with Gasteiger partial charge >= 0.3 is 11.9 Å². The molecule has 2 unspecified atom stereocenters. The summed E-state index contributed by atoms with van der Waals surface area (Å²) in [5.41, 5.74) is 5.82. The lowest BCUT2D eigenvalue weighted by Crippen LogP contribution is -2.29. The van der Waals surface area contributed by atoms with Crippen LogP contribution < -0.4 is 10.6 Å². The van der Waals surface area contributed by atoms with Gasteiger partial charge < -0.3 is 30.3 Å². The summed E-state index contributed by atoms with van der Waals surface area (Å²) < 4.78 is 7.58. The monoisotopic (exact) mass is 932 g/mol. The Morgan fingerprint density at radius 2 is 0.955 bits per heavy atom. The molecule has 0 fully saturated rings. The summed E-state index contributed by atoms with van der Waals surface area (Å²) in [4.78, 5) is 53.5. The van der Waals surface area contributed by atoms with Gasteiger partial charge in [-0.25, -0.2) is 0 Å². The van der Waals surface area contributed by atoms with Gasteiger partial charge in [0.25, 0.3) is 11.8 Å². The third kappa shape index (κ3) is 13.0. The van der Waals surface area contributed by atoms with E-state index in [-0.39, 0.29) is 49.3 Å². The van der Waals surface area contributed by atoms with Crippen molar-refractivity contribution in [1.29, 1.82) is 0 Å². The van der Waals surface area contributed by atoms with E-state index in [2.05, 4.69) is 101 Å². The van der Waals surface area contributed by atoms with Crippen LogP contribution >= 0.6 is 22.7 Å². The number of esters is 1. The standard InChI is InChI=1S/C28H36N2O3S.C26H32N2O3S/c1-6-20(7-2)26(27-19(4)23-11-9-10-12-24(23)34-27)29-22-15-13-21(14-16-22)28(32)30(5)18-17-25(31)33-8-3;1-5-18(6-2)24(25-17(3)21-9-7-8-10-22(21)32-25)27-20-13-11-19(12-14-20)26(31)28(4)16-15-23(29)30/h9-16,20,26,29H,6-8,17-18H2,1-5H3;7-14,18,24,27H,5-6,15-16H2,1-4H3,(H,29,30). The summed E-state index contributed by atoms with van der Waals surface area (Å²) in [7, 11) is 3.34. The number of nitrogens with zero attached hydrogens (tertiary/aromatic N) is 2. The summed E-state index contributed by atoms with van der Waals surface area (Å²) in [6, 6.07) is 32.7. The zero-order valence-electron chi connectivity index (χ0n) is 40.1. The van der Waals surface area contributed by atoms with Gasteiger partial charge in [0.15, 0.2) is 0 Å². The minimum atomic E-state index is -0.909. The van der Waals surface area contributed by atoms with Crippen LogP contribution in [0.3, 0.4) is 0 Å². The van der Waals surface area contributed by atoms with E-state index in [1.54, 1.807) is 25.9 Å². The average molecular weight is 933 g/mol. The van der Waals surface area contributed by atoms with Crippen LogP contribution in [0, 0.1) is 25.7 Å². The zero-order chi connectivity index (χ0) is 47.9. The molecule has 0 saturated carbocycles. The number of ether oxygens (including phenoxy) is 1. The van der Waals surface area contributed by atoms with Crippen molar-refractivity contribution in [2.75, 3.05) is 44.4 Å². The van der Waals surface area contributed by atoms with Crippen molar-refractivity contribution >= 4 is 78.0 Å². The summed E-state index contributed by atoms with van der Waals surface area (Å²) in [6.45, 7) is 16.1. The van der Waals surface area contributed by atoms with E-state index >= 15 is 0 Å². The number of hydrogen-bond acceptors (Lipinski definition) is 9. The first kappa shape index (κ1) is 51.3. The highest BCUT2D eigenvalue weighted by atomic mass is 32.1. The predicted molar refractivity (Wildman–Crippen MR) is 274 cm³/mol. The molecular formula is C54H68N4O6S2. The average Bonchev–Trinajstić information content (AvgIpc) is 3.85. The van der Waals surface area contributed by atoms with E-state index in [4.69, 9.17) is 9.84 Å². The molecule has 2 atom stereocenters. The molecule has 6 aromatic rings. The summed E-state index contributed by atoms with van der Waals surface area (Å²) in [5, 5.41) is 19.0. The summed E-state index contributed by atoms with van der Waals surface area (Å²) in [5.74, 6) is -0.478. The van der Waals surface area contributed by atoms with Gasteiger partial charge in [0.1, 0.15) is 0 Å². The van der Waals surface area contributed by atoms with Crippen molar-refractivity contribution < 1.29 is 29.0 Å². The third-order valence-corrected chi connectivity index (χ3v) is 15.3. The molecule has 6 rings (SSSR count). The van der Waals surface area contributed by atoms with Crippen molar-refractivity contribution in [2.45, 2.75) is 99.1 Å². The number of aliphatic carboxylic acids is 1. The molecule has 0 aliphatic heterocycles. The van der Waals surface area contributed by atoms with Crippen LogP contribution in [0.15, 0.2) is 97.1 Å². The van der Waals surface area contributed by atoms with Gasteiger partial charge in [-0.15, -0.1) is 22.7 Å². The fourth-order valence-corrected chi connectivity index (χ4v) is 11.2. The molecule has 66 heavy (non-hydrogen) atoms. The van der Waals surface area contributed by atoms with Crippen LogP contribution in [-0.2, 0) is 14.3 Å². The summed E-state index contributed by atoms with van der Waals surface area (Å²) in [6.07, 6.45) is 4.46. The van der Waals surface area contributed by atoms with Crippen molar-refractivity contribution in [2.24, 2.45) is 11.8 Å². The van der Waals surface area contributed by atoms with E-state index in [0.29, 0.717) is 36.1 Å². The van der Waals surface area contributed by atoms with E-state index in [0.717, 1.165) is 37.1 Å². The Kier molecular flexibility index (Phi) is 19.2. The Morgan fingerprint density at radius 1 is 0.576 bits per heavy atom. The first-order chi connectivity index (χ1) is 31.7. The Labute approximate surface area is 399 Å². The van der Waals surface area contributed by atoms with Gasteiger partial charge in [0.05, 0.1) is 31.5 Å². The fourth-order valence-electron chi connectivity index (χ4n) is 8.47. The molecule has 0 bridgehead atoms. The molecule has 352 valence electrons. The highest BCUT2D eigenvalue weighted by molar-refractivity contribution is 7.19. The maximum atomic E-state index is 12.8. The van der Waals surface area contributed by atoms with Crippen LogP contribution in [0.4, 0.5) is 11.4 Å². The van der Waals surface area contributed by atoms with Crippen molar-refractivity contribution in [3.63, 3.8) is 0 Å². The number of amides is 2. The normalized spacial score (nSPS) is 12.1. The molecule has 0 aliphatic carbocycles. The number of carboxylic acid groups (broad SMARTS) is 1. The maximum absolute atomic E-state index is 12.8. The maximum Gasteiger partial charge on any atom is 0.307 e. The SMILES string of the molecule is CCC(CC)C(Nc1ccc(C(=O)N(C)CCC(=O)O)cc1)c1sc2ccccc2c1C.CCOC(=O)CCN(C)C(=O)c1ccc(NC(c2sc3ccccc3c2C)C(CC)CC)cc1. The number of carbonyl (C=O) groups is 4. The molecule has 12 heteroatoms. The number of benzene rings is 4. The van der Waals surface area contributed by atoms with E-state index < -0.39 is 5.97 Å². The molecule has 3 N–H and O–H groups in total. The number of carboxylic acids is 1. The Balaban J connectivity index is 0.000000248. The fraction of sp³-hybridized carbons (Fsp3) is 0.407. The molecule has 4 aromatic carbocycles. The van der Waals surface area contributed by atoms with E-state index in [1.165, 1.54) is 46.0 Å². The first-order valence-corrected chi connectivity index (χ1v) is 25.0. The second-order valence-electron chi connectivity index (χ2n) is 16.9. The minimum Gasteiger partial charge on any atom is -0.481 e. The van der Waals surface area contributed by atoms with Crippen molar-refractivity contribution in [3.05, 3.63) is 129 Å². The lowest BCUT2D eigenvalue weighted by atomic mass is 9.91. The van der Waals surface area contributed by atoms with Crippen molar-refractivity contribution in [1.82, 2.24) is 9.80 Å². The second-order valence-corrected chi connectivity index (χ2v) is 19.0. The number of nitrogens with one attached hydrogen (secondary N) is 2. The highest BCUT2D eigenvalue weighted by Crippen LogP contribution is 2.42. The lowest BCUT2D eigenvalue weighted by Gasteiger charge is -2.27. The number of thiophene rings is 2. The molecule has 0 radical (unpaired) electrons. The van der Waals surface area contributed by atoms with Gasteiger partial charge in [-0.2, -0.15) is 0 Å². The second kappa shape index (κ2) is 24.7. The number of aryl methyl sites for hydroxylation is 2. The van der Waals surface area contributed by atoms with Crippen LogP contribution in [0.2, 0.25) is 0 Å². The van der Waals surface area contributed by atoms with Gasteiger partial charge in [-0.3, -0.25) is 19.2 Å². The number of carbonyl (C=O) groups excluding carboxylic acids is 3. The zero-order valence-corrected chi connectivity index (χ0v) is 41.7. The number of rotatable bonds is 21. The van der Waals surface area contributed by atoms with E-state index in [9.17, 15) is 19.2 Å². The third-order valence-electron chi connectivity index (χ3n) is 12.6. The first-order valence-electron chi connectivity index (χ1n) is 23.3. The van der Waals surface area contributed by atoms with Gasteiger partial charge in [0, 0.05) is 68.8 Å². The van der Waals surface area contributed by atoms with E-state index in [1.807, 2.05) is 71.2 Å². The predicted octanol–water partition coefficient (Wildman–Crippen LogP) is 13.2. The smallest absolute Gasteiger partial charge is 0.307 e. The quantitative estimate of drug-likeness (QED) is 0.0609. The molecule has 0 saturated heterocycles. The van der Waals surface area contributed by atoms with Gasteiger partial charge in [0.2, 0.25) is 0 Å². The van der Waals surface area contributed by atoms with Crippen LogP contribution in [-0.4, -0.2) is 72.5 Å². The molecular weight excluding hydrogens is 865 g/mol. The largest absolute Gasteiger partial charge is 0.481 e.